The highest BCUT2D eigenvalue weighted by Crippen LogP contribution is 2.16. The number of nitrogens with zero attached hydrogens (tertiary/aromatic N) is 1. The van der Waals surface area contributed by atoms with Crippen molar-refractivity contribution < 1.29 is 4.79 Å². The molecule has 1 aromatic carbocycles. The highest BCUT2D eigenvalue weighted by atomic mass is 16.2. The Morgan fingerprint density at radius 3 is 2.42 bits per heavy atom. The van der Waals surface area contributed by atoms with Gasteiger partial charge in [0.25, 0.3) is 0 Å². The molecule has 2 rings (SSSR count). The van der Waals surface area contributed by atoms with E-state index in [4.69, 9.17) is 5.73 Å². The van der Waals surface area contributed by atoms with Crippen LogP contribution in [0.2, 0.25) is 0 Å². The fraction of sp³-hybridized carbons (Fsp3) is 0.650. The van der Waals surface area contributed by atoms with Crippen LogP contribution in [0.5, 0.6) is 0 Å². The van der Waals surface area contributed by atoms with Crippen molar-refractivity contribution in [1.29, 1.82) is 0 Å². The smallest absolute Gasteiger partial charge is 0.240 e. The molecule has 24 heavy (non-hydrogen) atoms. The Bertz CT molecular complexity index is 519. The second kappa shape index (κ2) is 9.19. The molecule has 4 nitrogen and oxygen atoms in total. The quantitative estimate of drug-likeness (QED) is 0.807. The number of rotatable bonds is 7. The molecule has 0 bridgehead atoms. The fourth-order valence-corrected chi connectivity index (χ4v) is 3.43. The third kappa shape index (κ3) is 5.60. The van der Waals surface area contributed by atoms with Crippen LogP contribution in [0.3, 0.4) is 0 Å². The van der Waals surface area contributed by atoms with E-state index in [1.807, 2.05) is 13.0 Å². The number of amides is 1. The first kappa shape index (κ1) is 18.9. The van der Waals surface area contributed by atoms with Crippen LogP contribution in [0.4, 0.5) is 0 Å². The van der Waals surface area contributed by atoms with E-state index in [2.05, 4.69) is 35.3 Å². The molecule has 134 valence electrons. The van der Waals surface area contributed by atoms with Crippen LogP contribution in [-0.2, 0) is 17.9 Å². The van der Waals surface area contributed by atoms with Crippen molar-refractivity contribution in [3.8, 4) is 0 Å². The van der Waals surface area contributed by atoms with Gasteiger partial charge in [-0.15, -0.1) is 0 Å². The molecule has 1 saturated heterocycles. The molecule has 1 aliphatic heterocycles. The minimum Gasteiger partial charge on any atom is -0.350 e. The number of carbonyl (C=O) groups excluding carboxylic acids is 1. The highest BCUT2D eigenvalue weighted by molar-refractivity contribution is 5.85. The Balaban J connectivity index is 1.97. The maximum atomic E-state index is 12.3. The Kier molecular flexibility index (Phi) is 7.25. The summed E-state index contributed by atoms with van der Waals surface area (Å²) in [5.74, 6) is -0.0612. The van der Waals surface area contributed by atoms with E-state index in [1.165, 1.54) is 49.9 Å². The maximum Gasteiger partial charge on any atom is 0.240 e. The van der Waals surface area contributed by atoms with Crippen LogP contribution in [-0.4, -0.2) is 29.4 Å². The molecule has 1 amide bonds. The minimum absolute atomic E-state index is 0.0612. The van der Waals surface area contributed by atoms with E-state index in [-0.39, 0.29) is 5.91 Å². The van der Waals surface area contributed by atoms with Crippen LogP contribution >= 0.6 is 0 Å². The molecule has 1 aliphatic rings. The van der Waals surface area contributed by atoms with E-state index < -0.39 is 5.54 Å². The zero-order valence-electron chi connectivity index (χ0n) is 15.3. The lowest BCUT2D eigenvalue weighted by Crippen LogP contribution is -2.51. The Hall–Kier alpha value is -1.39. The molecule has 1 aromatic rings. The van der Waals surface area contributed by atoms with E-state index in [1.54, 1.807) is 0 Å². The first-order valence-electron chi connectivity index (χ1n) is 9.39. The Morgan fingerprint density at radius 2 is 1.79 bits per heavy atom. The van der Waals surface area contributed by atoms with Crippen molar-refractivity contribution in [2.24, 2.45) is 5.73 Å². The lowest BCUT2D eigenvalue weighted by molar-refractivity contribution is -0.126. The fourth-order valence-electron chi connectivity index (χ4n) is 3.43. The average Bonchev–Trinajstić information content (AvgIpc) is 2.82. The van der Waals surface area contributed by atoms with Crippen LogP contribution in [0.15, 0.2) is 24.3 Å². The van der Waals surface area contributed by atoms with Gasteiger partial charge in [0.15, 0.2) is 0 Å². The average molecular weight is 332 g/mol. The number of nitrogens with one attached hydrogen (secondary N) is 1. The summed E-state index contributed by atoms with van der Waals surface area (Å²) >= 11 is 0. The van der Waals surface area contributed by atoms with Gasteiger partial charge in [-0.3, -0.25) is 9.69 Å². The number of benzene rings is 1. The minimum atomic E-state index is -0.783. The highest BCUT2D eigenvalue weighted by Gasteiger charge is 2.26. The van der Waals surface area contributed by atoms with Crippen LogP contribution in [0, 0.1) is 0 Å². The molecule has 0 aromatic heterocycles. The van der Waals surface area contributed by atoms with Gasteiger partial charge in [0, 0.05) is 13.1 Å². The number of hydrogen-bond donors (Lipinski definition) is 2. The maximum absolute atomic E-state index is 12.3. The molecule has 1 atom stereocenters. The van der Waals surface area contributed by atoms with Gasteiger partial charge < -0.3 is 11.1 Å². The van der Waals surface area contributed by atoms with Gasteiger partial charge in [-0.25, -0.2) is 0 Å². The third-order valence-corrected chi connectivity index (χ3v) is 4.94. The van der Waals surface area contributed by atoms with Gasteiger partial charge in [-0.1, -0.05) is 50.5 Å². The van der Waals surface area contributed by atoms with Crippen molar-refractivity contribution in [1.82, 2.24) is 10.2 Å². The molecule has 0 spiro atoms. The monoisotopic (exact) mass is 331 g/mol. The third-order valence-electron chi connectivity index (χ3n) is 4.94. The largest absolute Gasteiger partial charge is 0.350 e. The summed E-state index contributed by atoms with van der Waals surface area (Å²) in [7, 11) is 0. The van der Waals surface area contributed by atoms with E-state index in [0.717, 1.165) is 13.0 Å². The van der Waals surface area contributed by atoms with Crippen LogP contribution in [0.25, 0.3) is 0 Å². The predicted molar refractivity (Wildman–Crippen MR) is 99.5 cm³/mol. The number of hydrogen-bond acceptors (Lipinski definition) is 3. The Morgan fingerprint density at radius 1 is 1.17 bits per heavy atom. The van der Waals surface area contributed by atoms with Crippen molar-refractivity contribution in [2.75, 3.05) is 13.1 Å². The van der Waals surface area contributed by atoms with E-state index in [9.17, 15) is 4.79 Å². The van der Waals surface area contributed by atoms with Gasteiger partial charge >= 0.3 is 0 Å². The predicted octanol–water partition coefficient (Wildman–Crippen LogP) is 3.20. The van der Waals surface area contributed by atoms with Gasteiger partial charge in [-0.05, 0) is 50.4 Å². The summed E-state index contributed by atoms with van der Waals surface area (Å²) in [6, 6.07) is 8.42. The molecule has 1 fully saturated rings. The summed E-state index contributed by atoms with van der Waals surface area (Å²) in [6.07, 6.45) is 6.89. The van der Waals surface area contributed by atoms with E-state index >= 15 is 0 Å². The van der Waals surface area contributed by atoms with Gasteiger partial charge in [0.2, 0.25) is 5.91 Å². The summed E-state index contributed by atoms with van der Waals surface area (Å²) in [6.45, 7) is 7.75. The topological polar surface area (TPSA) is 58.4 Å². The summed E-state index contributed by atoms with van der Waals surface area (Å²) in [4.78, 5) is 14.9. The zero-order chi connectivity index (χ0) is 17.4. The molecular weight excluding hydrogens is 298 g/mol. The molecule has 0 saturated carbocycles. The van der Waals surface area contributed by atoms with Gasteiger partial charge in [-0.2, -0.15) is 0 Å². The summed E-state index contributed by atoms with van der Waals surface area (Å²) in [5.41, 5.74) is 7.85. The molecule has 1 unspecified atom stereocenters. The van der Waals surface area contributed by atoms with Crippen molar-refractivity contribution in [2.45, 2.75) is 71.0 Å². The SMILES string of the molecule is CCCC(C)(N)C(=O)NCc1ccccc1CN1CCCCCC1. The summed E-state index contributed by atoms with van der Waals surface area (Å²) in [5, 5.41) is 3.03. The van der Waals surface area contributed by atoms with Gasteiger partial charge in [0.05, 0.1) is 5.54 Å². The number of carbonyl (C=O) groups is 1. The second-order valence-corrected chi connectivity index (χ2v) is 7.31. The molecule has 1 heterocycles. The molecular formula is C20H33N3O. The lowest BCUT2D eigenvalue weighted by atomic mass is 9.96. The standard InChI is InChI=1S/C20H33N3O/c1-3-12-20(2,21)19(24)22-15-17-10-6-7-11-18(17)16-23-13-8-4-5-9-14-23/h6-7,10-11H,3-5,8-9,12-16,21H2,1-2H3,(H,22,24). The van der Waals surface area contributed by atoms with Crippen molar-refractivity contribution in [3.63, 3.8) is 0 Å². The van der Waals surface area contributed by atoms with Crippen LogP contribution < -0.4 is 11.1 Å². The molecule has 4 heteroatoms. The normalized spacial score (nSPS) is 18.6. The van der Waals surface area contributed by atoms with Crippen molar-refractivity contribution in [3.05, 3.63) is 35.4 Å². The number of likely N-dealkylation sites (tertiary alicyclic amines) is 1. The lowest BCUT2D eigenvalue weighted by Gasteiger charge is -2.24. The van der Waals surface area contributed by atoms with Crippen LogP contribution in [0.1, 0.15) is 63.5 Å². The molecule has 0 radical (unpaired) electrons. The van der Waals surface area contributed by atoms with Crippen molar-refractivity contribution >= 4 is 5.91 Å². The van der Waals surface area contributed by atoms with Gasteiger partial charge in [0.1, 0.15) is 0 Å². The first-order valence-corrected chi connectivity index (χ1v) is 9.39. The summed E-state index contributed by atoms with van der Waals surface area (Å²) < 4.78 is 0. The molecule has 0 aliphatic carbocycles. The first-order chi connectivity index (χ1) is 11.5. The molecule has 3 N–H and O–H groups in total. The van der Waals surface area contributed by atoms with E-state index in [0.29, 0.717) is 13.0 Å². The Labute approximate surface area is 146 Å². The second-order valence-electron chi connectivity index (χ2n) is 7.31. The number of nitrogens with two attached hydrogens (primary N) is 1. The zero-order valence-corrected chi connectivity index (χ0v) is 15.3.